The smallest absolute Gasteiger partial charge is 0.270 e. The first-order valence-electron chi connectivity index (χ1n) is 11.1. The Hall–Kier alpha value is -2.96. The maximum atomic E-state index is 12.8. The van der Waals surface area contributed by atoms with E-state index in [0.29, 0.717) is 16.6 Å². The Bertz CT molecular complexity index is 1200. The lowest BCUT2D eigenvalue weighted by Crippen LogP contribution is -2.34. The van der Waals surface area contributed by atoms with Crippen molar-refractivity contribution in [2.75, 3.05) is 18.0 Å². The molecule has 0 amide bonds. The molecule has 1 aromatic carbocycles. The molecule has 31 heavy (non-hydrogen) atoms. The lowest BCUT2D eigenvalue weighted by molar-refractivity contribution is -0.119. The van der Waals surface area contributed by atoms with Gasteiger partial charge in [0.05, 0.1) is 0 Å². The van der Waals surface area contributed by atoms with Crippen LogP contribution in [0.5, 0.6) is 0 Å². The molecule has 1 saturated heterocycles. The molecular weight excluding hydrogens is 392 g/mol. The minimum absolute atomic E-state index is 0.0250. The van der Waals surface area contributed by atoms with Gasteiger partial charge in [-0.25, -0.2) is 9.67 Å². The summed E-state index contributed by atoms with van der Waals surface area (Å²) >= 11 is 0. The average Bonchev–Trinajstić information content (AvgIpc) is 3.50. The Morgan fingerprint density at radius 1 is 1.16 bits per heavy atom. The number of carbonyl (C=O) groups is 1. The highest BCUT2D eigenvalue weighted by Crippen LogP contribution is 2.46. The first-order valence-corrected chi connectivity index (χ1v) is 11.1. The third-order valence-electron chi connectivity index (χ3n) is 7.19. The zero-order valence-corrected chi connectivity index (χ0v) is 18.2. The largest absolute Gasteiger partial charge is 0.443 e. The summed E-state index contributed by atoms with van der Waals surface area (Å²) in [5, 5.41) is 4.67. The van der Waals surface area contributed by atoms with Gasteiger partial charge in [0.25, 0.3) is 5.56 Å². The number of hydrogen-bond donors (Lipinski definition) is 0. The van der Waals surface area contributed by atoms with Gasteiger partial charge in [-0.1, -0.05) is 18.9 Å². The van der Waals surface area contributed by atoms with Gasteiger partial charge in [-0.15, -0.1) is 0 Å². The van der Waals surface area contributed by atoms with Gasteiger partial charge < -0.3 is 9.32 Å². The van der Waals surface area contributed by atoms with Gasteiger partial charge in [-0.05, 0) is 56.2 Å². The van der Waals surface area contributed by atoms with Crippen LogP contribution < -0.4 is 10.5 Å². The number of anilines is 1. The monoisotopic (exact) mass is 420 g/mol. The normalized spacial score (nSPS) is 17.8. The van der Waals surface area contributed by atoms with Crippen LogP contribution in [0.3, 0.4) is 0 Å². The van der Waals surface area contributed by atoms with E-state index in [-0.39, 0.29) is 24.3 Å². The number of rotatable bonds is 5. The summed E-state index contributed by atoms with van der Waals surface area (Å²) in [4.78, 5) is 32.1. The van der Waals surface area contributed by atoms with Crippen LogP contribution in [0.15, 0.2) is 33.8 Å². The average molecular weight is 421 g/mol. The highest BCUT2D eigenvalue weighted by Gasteiger charge is 2.41. The molecule has 2 aliphatic rings. The van der Waals surface area contributed by atoms with Crippen molar-refractivity contribution in [1.29, 1.82) is 0 Å². The molecule has 0 bridgehead atoms. The molecule has 0 unspecified atom stereocenters. The molecule has 3 heterocycles. The highest BCUT2D eigenvalue weighted by molar-refractivity contribution is 5.82. The van der Waals surface area contributed by atoms with E-state index in [1.807, 2.05) is 32.0 Å². The number of hydrogen-bond acceptors (Lipinski definition) is 6. The van der Waals surface area contributed by atoms with Crippen LogP contribution in [0.1, 0.15) is 48.8 Å². The first kappa shape index (κ1) is 20.0. The van der Waals surface area contributed by atoms with E-state index in [1.54, 1.807) is 0 Å². The Morgan fingerprint density at radius 3 is 2.77 bits per heavy atom. The highest BCUT2D eigenvalue weighted by atomic mass is 16.3. The SMILES string of the molecule is Cc1c(N2CCC3(CCCC3)C2)nn(CC(=O)Cc2ccc3ocnc3c2)c(=O)c1C. The fourth-order valence-corrected chi connectivity index (χ4v) is 5.28. The van der Waals surface area contributed by atoms with E-state index in [2.05, 4.69) is 15.0 Å². The second kappa shape index (κ2) is 7.62. The molecule has 2 aromatic heterocycles. The van der Waals surface area contributed by atoms with Gasteiger partial charge >= 0.3 is 0 Å². The topological polar surface area (TPSA) is 81.2 Å². The van der Waals surface area contributed by atoms with Crippen molar-refractivity contribution in [1.82, 2.24) is 14.8 Å². The minimum atomic E-state index is -0.184. The number of nitrogens with zero attached hydrogens (tertiary/aromatic N) is 4. The van der Waals surface area contributed by atoms with Crippen LogP contribution in [-0.2, 0) is 17.8 Å². The quantitative estimate of drug-likeness (QED) is 0.628. The van der Waals surface area contributed by atoms with Crippen molar-refractivity contribution in [2.45, 2.75) is 58.9 Å². The lowest BCUT2D eigenvalue weighted by atomic mass is 9.86. The molecule has 1 spiro atoms. The summed E-state index contributed by atoms with van der Waals surface area (Å²) in [6.07, 6.45) is 8.01. The predicted octanol–water partition coefficient (Wildman–Crippen LogP) is 3.58. The number of ketones is 1. The van der Waals surface area contributed by atoms with Crippen molar-refractivity contribution in [3.63, 3.8) is 0 Å². The molecule has 7 nitrogen and oxygen atoms in total. The molecule has 2 fully saturated rings. The summed E-state index contributed by atoms with van der Waals surface area (Å²) in [6, 6.07) is 5.53. The second-order valence-corrected chi connectivity index (χ2v) is 9.28. The molecule has 3 aromatic rings. The van der Waals surface area contributed by atoms with Crippen molar-refractivity contribution < 1.29 is 9.21 Å². The third-order valence-corrected chi connectivity index (χ3v) is 7.19. The van der Waals surface area contributed by atoms with Crippen LogP contribution >= 0.6 is 0 Å². The lowest BCUT2D eigenvalue weighted by Gasteiger charge is -2.25. The van der Waals surface area contributed by atoms with Crippen molar-refractivity contribution in [3.8, 4) is 0 Å². The third kappa shape index (κ3) is 3.66. The predicted molar refractivity (Wildman–Crippen MR) is 118 cm³/mol. The number of fused-ring (bicyclic) bond motifs is 1. The Morgan fingerprint density at radius 2 is 1.97 bits per heavy atom. The standard InChI is InChI=1S/C24H28N4O3/c1-16-17(2)23(30)28(26-22(16)27-10-9-24(14-27)7-3-4-8-24)13-19(29)11-18-5-6-21-20(12-18)25-15-31-21/h5-6,12,15H,3-4,7-11,13-14H2,1-2H3. The molecule has 5 rings (SSSR count). The Labute approximate surface area is 181 Å². The summed E-state index contributed by atoms with van der Waals surface area (Å²) in [5.41, 5.74) is 4.11. The summed E-state index contributed by atoms with van der Waals surface area (Å²) in [6.45, 7) is 5.76. The van der Waals surface area contributed by atoms with E-state index < -0.39 is 0 Å². The van der Waals surface area contributed by atoms with E-state index in [1.165, 1.54) is 43.2 Å². The van der Waals surface area contributed by atoms with Gasteiger partial charge in [0.1, 0.15) is 12.1 Å². The van der Waals surface area contributed by atoms with E-state index >= 15 is 0 Å². The zero-order valence-electron chi connectivity index (χ0n) is 18.2. The van der Waals surface area contributed by atoms with E-state index in [4.69, 9.17) is 4.42 Å². The van der Waals surface area contributed by atoms with Gasteiger partial charge in [-0.2, -0.15) is 5.10 Å². The fraction of sp³-hybridized carbons (Fsp3) is 0.500. The zero-order chi connectivity index (χ0) is 21.6. The van der Waals surface area contributed by atoms with Crippen LogP contribution in [0.25, 0.3) is 11.1 Å². The number of Topliss-reactive ketones (excluding diaryl/α,β-unsaturated/α-hetero) is 1. The van der Waals surface area contributed by atoms with Crippen LogP contribution in [0.4, 0.5) is 5.82 Å². The van der Waals surface area contributed by atoms with E-state index in [0.717, 1.165) is 35.6 Å². The molecule has 0 N–H and O–H groups in total. The molecule has 162 valence electrons. The van der Waals surface area contributed by atoms with Crippen LogP contribution in [0.2, 0.25) is 0 Å². The van der Waals surface area contributed by atoms with Gasteiger partial charge in [0, 0.05) is 30.6 Å². The molecule has 1 aliphatic heterocycles. The van der Waals surface area contributed by atoms with E-state index in [9.17, 15) is 9.59 Å². The number of oxazole rings is 1. The fourth-order valence-electron chi connectivity index (χ4n) is 5.28. The van der Waals surface area contributed by atoms with Gasteiger partial charge in [0.2, 0.25) is 0 Å². The molecular formula is C24H28N4O3. The van der Waals surface area contributed by atoms with Gasteiger partial charge in [-0.3, -0.25) is 9.59 Å². The number of benzene rings is 1. The molecule has 0 atom stereocenters. The summed E-state index contributed by atoms with van der Waals surface area (Å²) in [5.74, 6) is 0.804. The van der Waals surface area contributed by atoms with Crippen LogP contribution in [-0.4, -0.2) is 33.6 Å². The number of aromatic nitrogens is 3. The molecule has 0 radical (unpaired) electrons. The Kier molecular flexibility index (Phi) is 4.91. The molecule has 7 heteroatoms. The maximum absolute atomic E-state index is 12.8. The van der Waals surface area contributed by atoms with Crippen molar-refractivity contribution in [3.05, 3.63) is 51.6 Å². The van der Waals surface area contributed by atoms with Crippen molar-refractivity contribution in [2.24, 2.45) is 5.41 Å². The molecule has 1 aliphatic carbocycles. The summed E-state index contributed by atoms with van der Waals surface area (Å²) < 4.78 is 6.61. The minimum Gasteiger partial charge on any atom is -0.443 e. The second-order valence-electron chi connectivity index (χ2n) is 9.28. The number of carbonyl (C=O) groups excluding carboxylic acids is 1. The van der Waals surface area contributed by atoms with Crippen LogP contribution in [0, 0.1) is 19.3 Å². The Balaban J connectivity index is 1.37. The van der Waals surface area contributed by atoms with Crippen molar-refractivity contribution >= 4 is 22.7 Å². The summed E-state index contributed by atoms with van der Waals surface area (Å²) in [7, 11) is 0. The molecule has 1 saturated carbocycles. The maximum Gasteiger partial charge on any atom is 0.270 e. The van der Waals surface area contributed by atoms with Gasteiger partial charge in [0.15, 0.2) is 23.6 Å². The first-order chi connectivity index (χ1) is 14.9.